The topological polar surface area (TPSA) is 49.3 Å². The first kappa shape index (κ1) is 19.5. The van der Waals surface area contributed by atoms with E-state index in [1.165, 1.54) is 0 Å². The van der Waals surface area contributed by atoms with Crippen LogP contribution in [-0.4, -0.2) is 22.8 Å². The predicted octanol–water partition coefficient (Wildman–Crippen LogP) is 4.05. The first-order valence-corrected chi connectivity index (χ1v) is 7.81. The Bertz CT molecular complexity index is 523. The summed E-state index contributed by atoms with van der Waals surface area (Å²) in [6, 6.07) is 5.75. The van der Waals surface area contributed by atoms with E-state index in [0.29, 0.717) is 31.2 Å². The van der Waals surface area contributed by atoms with Gasteiger partial charge in [-0.2, -0.15) is 13.2 Å². The molecular weight excluding hydrogens is 307 g/mol. The number of halogens is 3. The Morgan fingerprint density at radius 1 is 1.17 bits per heavy atom. The molecule has 0 saturated heterocycles. The molecular formula is C17H24F3NO2. The first-order chi connectivity index (χ1) is 10.7. The summed E-state index contributed by atoms with van der Waals surface area (Å²) >= 11 is 0. The Kier molecular flexibility index (Phi) is 6.62. The lowest BCUT2D eigenvalue weighted by Gasteiger charge is -2.38. The van der Waals surface area contributed by atoms with Crippen molar-refractivity contribution < 1.29 is 23.1 Å². The van der Waals surface area contributed by atoms with Gasteiger partial charge in [-0.3, -0.25) is 4.79 Å². The van der Waals surface area contributed by atoms with E-state index in [1.54, 1.807) is 31.2 Å². The third-order valence-corrected chi connectivity index (χ3v) is 3.94. The zero-order valence-corrected chi connectivity index (χ0v) is 13.7. The van der Waals surface area contributed by atoms with Crippen LogP contribution in [0.4, 0.5) is 13.2 Å². The van der Waals surface area contributed by atoms with Crippen LogP contribution in [0.3, 0.4) is 0 Å². The Hall–Kier alpha value is -1.56. The molecule has 0 saturated carbocycles. The molecule has 23 heavy (non-hydrogen) atoms. The number of aliphatic hydroxyl groups is 1. The second kappa shape index (κ2) is 7.81. The summed E-state index contributed by atoms with van der Waals surface area (Å²) in [6.45, 7) is 5.45. The second-order valence-corrected chi connectivity index (χ2v) is 5.86. The third-order valence-electron chi connectivity index (χ3n) is 3.94. The Morgan fingerprint density at radius 3 is 2.13 bits per heavy atom. The SMILES string of the molecule is CCCC(O)(CCC)C(NC(=O)C(F)(F)F)c1ccccc1C. The van der Waals surface area contributed by atoms with Gasteiger partial charge >= 0.3 is 12.1 Å². The molecule has 0 aromatic heterocycles. The minimum atomic E-state index is -4.99. The van der Waals surface area contributed by atoms with Gasteiger partial charge in [0.05, 0.1) is 11.6 Å². The van der Waals surface area contributed by atoms with Gasteiger partial charge in [-0.05, 0) is 30.9 Å². The molecule has 0 aliphatic heterocycles. The number of hydrogen-bond acceptors (Lipinski definition) is 2. The van der Waals surface area contributed by atoms with Crippen LogP contribution in [0.15, 0.2) is 24.3 Å². The van der Waals surface area contributed by atoms with Crippen molar-refractivity contribution in [2.75, 3.05) is 0 Å². The Balaban J connectivity index is 3.30. The van der Waals surface area contributed by atoms with E-state index in [0.717, 1.165) is 5.56 Å². The van der Waals surface area contributed by atoms with Crippen LogP contribution in [0.5, 0.6) is 0 Å². The molecule has 1 aromatic carbocycles. The molecule has 0 spiro atoms. The van der Waals surface area contributed by atoms with Crippen molar-refractivity contribution in [1.29, 1.82) is 0 Å². The van der Waals surface area contributed by atoms with Crippen LogP contribution in [0.2, 0.25) is 0 Å². The van der Waals surface area contributed by atoms with Gasteiger partial charge in [-0.25, -0.2) is 0 Å². The smallest absolute Gasteiger partial charge is 0.387 e. The maximum Gasteiger partial charge on any atom is 0.471 e. The van der Waals surface area contributed by atoms with E-state index in [1.807, 2.05) is 19.2 Å². The second-order valence-electron chi connectivity index (χ2n) is 5.86. The van der Waals surface area contributed by atoms with Gasteiger partial charge in [0.25, 0.3) is 0 Å². The third kappa shape index (κ3) is 4.96. The molecule has 0 heterocycles. The molecule has 0 bridgehead atoms. The highest BCUT2D eigenvalue weighted by Crippen LogP contribution is 2.36. The molecule has 0 aliphatic rings. The summed E-state index contributed by atoms with van der Waals surface area (Å²) in [5.74, 6) is -2.03. The Morgan fingerprint density at radius 2 is 1.70 bits per heavy atom. The largest absolute Gasteiger partial charge is 0.471 e. The highest BCUT2D eigenvalue weighted by atomic mass is 19.4. The van der Waals surface area contributed by atoms with Crippen LogP contribution < -0.4 is 5.32 Å². The monoisotopic (exact) mass is 331 g/mol. The van der Waals surface area contributed by atoms with Crippen LogP contribution in [0, 0.1) is 6.92 Å². The summed E-state index contributed by atoms with van der Waals surface area (Å²) in [5.41, 5.74) is -0.184. The van der Waals surface area contributed by atoms with Gasteiger partial charge in [-0.1, -0.05) is 51.0 Å². The normalized spacial score (nSPS) is 13.7. The van der Waals surface area contributed by atoms with Crippen molar-refractivity contribution in [2.24, 2.45) is 0 Å². The first-order valence-electron chi connectivity index (χ1n) is 7.81. The van der Waals surface area contributed by atoms with Gasteiger partial charge in [0, 0.05) is 0 Å². The average Bonchev–Trinajstić information content (AvgIpc) is 2.45. The fourth-order valence-electron chi connectivity index (χ4n) is 2.90. The van der Waals surface area contributed by atoms with Crippen molar-refractivity contribution in [2.45, 2.75) is 64.3 Å². The summed E-state index contributed by atoms with van der Waals surface area (Å²) in [5, 5.41) is 13.0. The highest BCUT2D eigenvalue weighted by Gasteiger charge is 2.45. The molecule has 1 atom stereocenters. The molecule has 6 heteroatoms. The molecule has 1 amide bonds. The number of nitrogens with one attached hydrogen (secondary N) is 1. The van der Waals surface area contributed by atoms with Crippen LogP contribution in [0.1, 0.15) is 56.7 Å². The van der Waals surface area contributed by atoms with Gasteiger partial charge in [0.2, 0.25) is 0 Å². The number of alkyl halides is 3. The lowest BCUT2D eigenvalue weighted by molar-refractivity contribution is -0.176. The number of hydrogen-bond donors (Lipinski definition) is 2. The van der Waals surface area contributed by atoms with Crippen molar-refractivity contribution in [3.63, 3.8) is 0 Å². The zero-order valence-electron chi connectivity index (χ0n) is 13.7. The lowest BCUT2D eigenvalue weighted by Crippen LogP contribution is -2.49. The van der Waals surface area contributed by atoms with Gasteiger partial charge in [0.1, 0.15) is 0 Å². The summed E-state index contributed by atoms with van der Waals surface area (Å²) in [6.07, 6.45) is -3.18. The van der Waals surface area contributed by atoms with Crippen molar-refractivity contribution in [1.82, 2.24) is 5.32 Å². The summed E-state index contributed by atoms with van der Waals surface area (Å²) < 4.78 is 38.1. The van der Waals surface area contributed by atoms with Gasteiger partial charge in [0.15, 0.2) is 0 Å². The van der Waals surface area contributed by atoms with Crippen LogP contribution >= 0.6 is 0 Å². The molecule has 1 unspecified atom stereocenters. The van der Waals surface area contributed by atoms with Crippen LogP contribution in [-0.2, 0) is 4.79 Å². The van der Waals surface area contributed by atoms with Crippen LogP contribution in [0.25, 0.3) is 0 Å². The summed E-state index contributed by atoms with van der Waals surface area (Å²) in [4.78, 5) is 11.5. The molecule has 130 valence electrons. The number of aryl methyl sites for hydroxylation is 1. The fourth-order valence-corrected chi connectivity index (χ4v) is 2.90. The van der Waals surface area contributed by atoms with E-state index < -0.39 is 23.7 Å². The standard InChI is InChI=1S/C17H24F3NO2/c1-4-10-16(23,11-5-2)14(21-15(22)17(18,19)20)13-9-7-6-8-12(13)3/h6-9,14,23H,4-5,10-11H2,1-3H3,(H,21,22). The van der Waals surface area contributed by atoms with Crippen molar-refractivity contribution in [3.8, 4) is 0 Å². The zero-order chi connectivity index (χ0) is 17.7. The van der Waals surface area contributed by atoms with E-state index in [2.05, 4.69) is 0 Å². The molecule has 0 aliphatic carbocycles. The summed E-state index contributed by atoms with van der Waals surface area (Å²) in [7, 11) is 0. The molecule has 2 N–H and O–H groups in total. The number of rotatable bonds is 7. The fraction of sp³-hybridized carbons (Fsp3) is 0.588. The van der Waals surface area contributed by atoms with Crippen molar-refractivity contribution in [3.05, 3.63) is 35.4 Å². The Labute approximate surface area is 134 Å². The number of carbonyl (C=O) groups excluding carboxylic acids is 1. The molecule has 0 fully saturated rings. The van der Waals surface area contributed by atoms with E-state index in [-0.39, 0.29) is 0 Å². The molecule has 1 rings (SSSR count). The number of amides is 1. The molecule has 1 aromatic rings. The van der Waals surface area contributed by atoms with Crippen molar-refractivity contribution >= 4 is 5.91 Å². The van der Waals surface area contributed by atoms with E-state index >= 15 is 0 Å². The predicted molar refractivity (Wildman–Crippen MR) is 82.9 cm³/mol. The van der Waals surface area contributed by atoms with Gasteiger partial charge < -0.3 is 10.4 Å². The minimum absolute atomic E-state index is 0.304. The van der Waals surface area contributed by atoms with E-state index in [9.17, 15) is 23.1 Å². The molecule has 3 nitrogen and oxygen atoms in total. The minimum Gasteiger partial charge on any atom is -0.387 e. The number of benzene rings is 1. The average molecular weight is 331 g/mol. The highest BCUT2D eigenvalue weighted by molar-refractivity contribution is 5.82. The molecule has 0 radical (unpaired) electrons. The lowest BCUT2D eigenvalue weighted by atomic mass is 9.80. The van der Waals surface area contributed by atoms with Gasteiger partial charge in [-0.15, -0.1) is 0 Å². The maximum atomic E-state index is 12.7. The quantitative estimate of drug-likeness (QED) is 0.792. The van der Waals surface area contributed by atoms with E-state index in [4.69, 9.17) is 0 Å². The number of carbonyl (C=O) groups is 1. The maximum absolute atomic E-state index is 12.7.